The highest BCUT2D eigenvalue weighted by Gasteiger charge is 2.18. The third kappa shape index (κ3) is 3.88. The Morgan fingerprint density at radius 2 is 2.04 bits per heavy atom. The lowest BCUT2D eigenvalue weighted by Crippen LogP contribution is -2.13. The number of nitrogens with one attached hydrogen (secondary N) is 2. The number of carbonyl (C=O) groups excluding carboxylic acids is 1. The predicted octanol–water partition coefficient (Wildman–Crippen LogP) is 5.07. The number of benzene rings is 2. The molecule has 6 heteroatoms. The molecule has 0 atom stereocenters. The maximum absolute atomic E-state index is 13.6. The highest BCUT2D eigenvalue weighted by molar-refractivity contribution is 6.31. The van der Waals surface area contributed by atoms with Gasteiger partial charge in [-0.25, -0.2) is 4.39 Å². The minimum atomic E-state index is -0.357. The minimum absolute atomic E-state index is 0.293. The molecule has 128 valence electrons. The molecule has 1 aromatic heterocycles. The fourth-order valence-electron chi connectivity index (χ4n) is 2.60. The molecule has 1 amide bonds. The number of nitrogens with zero attached hydrogens (tertiary/aromatic N) is 1. The van der Waals surface area contributed by atoms with Crippen molar-refractivity contribution in [3.05, 3.63) is 70.6 Å². The molecule has 0 fully saturated rings. The van der Waals surface area contributed by atoms with Crippen molar-refractivity contribution >= 4 is 23.2 Å². The molecule has 25 heavy (non-hydrogen) atoms. The molecule has 4 nitrogen and oxygen atoms in total. The Morgan fingerprint density at radius 3 is 2.76 bits per heavy atom. The van der Waals surface area contributed by atoms with Gasteiger partial charge in [-0.15, -0.1) is 0 Å². The van der Waals surface area contributed by atoms with Gasteiger partial charge in [-0.1, -0.05) is 43.1 Å². The van der Waals surface area contributed by atoms with E-state index in [1.54, 1.807) is 36.4 Å². The molecule has 0 bridgehead atoms. The SMILES string of the molecule is CCCc1[nH]nc(-c2cccc(F)c2)c1NC(=O)c1cccc(Cl)c1. The number of anilines is 1. The topological polar surface area (TPSA) is 57.8 Å². The van der Waals surface area contributed by atoms with Gasteiger partial charge in [0.2, 0.25) is 0 Å². The van der Waals surface area contributed by atoms with E-state index in [0.717, 1.165) is 12.1 Å². The first kappa shape index (κ1) is 17.2. The third-order valence-electron chi connectivity index (χ3n) is 3.76. The zero-order chi connectivity index (χ0) is 17.8. The lowest BCUT2D eigenvalue weighted by molar-refractivity contribution is 0.102. The molecule has 3 aromatic rings. The number of carbonyl (C=O) groups is 1. The summed E-state index contributed by atoms with van der Waals surface area (Å²) < 4.78 is 13.6. The Labute approximate surface area is 150 Å². The van der Waals surface area contributed by atoms with Crippen molar-refractivity contribution < 1.29 is 9.18 Å². The van der Waals surface area contributed by atoms with Gasteiger partial charge in [0.15, 0.2) is 0 Å². The number of aromatic nitrogens is 2. The Morgan fingerprint density at radius 1 is 1.24 bits per heavy atom. The number of aromatic amines is 1. The lowest BCUT2D eigenvalue weighted by atomic mass is 10.1. The number of rotatable bonds is 5. The van der Waals surface area contributed by atoms with E-state index < -0.39 is 0 Å². The molecule has 0 aliphatic heterocycles. The highest BCUT2D eigenvalue weighted by Crippen LogP contribution is 2.30. The van der Waals surface area contributed by atoms with Gasteiger partial charge in [-0.2, -0.15) is 5.10 Å². The van der Waals surface area contributed by atoms with Gasteiger partial charge in [0.1, 0.15) is 11.5 Å². The Hall–Kier alpha value is -2.66. The Kier molecular flexibility index (Phi) is 5.14. The molecule has 0 radical (unpaired) electrons. The maximum atomic E-state index is 13.6. The normalized spacial score (nSPS) is 10.7. The summed E-state index contributed by atoms with van der Waals surface area (Å²) in [6, 6.07) is 12.8. The summed E-state index contributed by atoms with van der Waals surface area (Å²) in [5.74, 6) is -0.649. The van der Waals surface area contributed by atoms with Crippen molar-refractivity contribution in [1.82, 2.24) is 10.2 Å². The van der Waals surface area contributed by atoms with Gasteiger partial charge < -0.3 is 5.32 Å². The summed E-state index contributed by atoms with van der Waals surface area (Å²) in [5.41, 5.74) is 2.93. The van der Waals surface area contributed by atoms with E-state index >= 15 is 0 Å². The van der Waals surface area contributed by atoms with Gasteiger partial charge in [-0.05, 0) is 36.8 Å². The molecule has 0 spiro atoms. The number of amides is 1. The largest absolute Gasteiger partial charge is 0.319 e. The van der Waals surface area contributed by atoms with E-state index in [1.165, 1.54) is 12.1 Å². The molecule has 0 saturated heterocycles. The lowest BCUT2D eigenvalue weighted by Gasteiger charge is -2.09. The van der Waals surface area contributed by atoms with Gasteiger partial charge in [-0.3, -0.25) is 9.89 Å². The number of hydrogen-bond donors (Lipinski definition) is 2. The van der Waals surface area contributed by atoms with E-state index in [0.29, 0.717) is 34.0 Å². The summed E-state index contributed by atoms with van der Waals surface area (Å²) in [5, 5.41) is 10.6. The van der Waals surface area contributed by atoms with E-state index in [4.69, 9.17) is 11.6 Å². The number of hydrogen-bond acceptors (Lipinski definition) is 2. The van der Waals surface area contributed by atoms with Crippen LogP contribution in [0.2, 0.25) is 5.02 Å². The summed E-state index contributed by atoms with van der Waals surface area (Å²) in [6.07, 6.45) is 1.60. The second-order valence-electron chi connectivity index (χ2n) is 5.65. The highest BCUT2D eigenvalue weighted by atomic mass is 35.5. The van der Waals surface area contributed by atoms with E-state index in [1.807, 2.05) is 6.92 Å². The first-order valence-corrected chi connectivity index (χ1v) is 8.36. The van der Waals surface area contributed by atoms with Gasteiger partial charge in [0.05, 0.1) is 11.4 Å². The van der Waals surface area contributed by atoms with Gasteiger partial charge >= 0.3 is 0 Å². The summed E-state index contributed by atoms with van der Waals surface area (Å²) >= 11 is 5.96. The average Bonchev–Trinajstić information content (AvgIpc) is 2.98. The van der Waals surface area contributed by atoms with Crippen molar-refractivity contribution in [2.75, 3.05) is 5.32 Å². The number of halogens is 2. The van der Waals surface area contributed by atoms with Crippen LogP contribution in [0.25, 0.3) is 11.3 Å². The van der Waals surface area contributed by atoms with Crippen LogP contribution in [0.15, 0.2) is 48.5 Å². The van der Waals surface area contributed by atoms with Crippen molar-refractivity contribution in [2.45, 2.75) is 19.8 Å². The average molecular weight is 358 g/mol. The van der Waals surface area contributed by atoms with Crippen molar-refractivity contribution in [2.24, 2.45) is 0 Å². The van der Waals surface area contributed by atoms with Crippen LogP contribution < -0.4 is 5.32 Å². The summed E-state index contributed by atoms with van der Waals surface area (Å²) in [4.78, 5) is 12.6. The summed E-state index contributed by atoms with van der Waals surface area (Å²) in [7, 11) is 0. The van der Waals surface area contributed by atoms with Gasteiger partial charge in [0, 0.05) is 16.1 Å². The van der Waals surface area contributed by atoms with Gasteiger partial charge in [0.25, 0.3) is 5.91 Å². The zero-order valence-electron chi connectivity index (χ0n) is 13.6. The van der Waals surface area contributed by atoms with Crippen molar-refractivity contribution in [1.29, 1.82) is 0 Å². The first-order chi connectivity index (χ1) is 12.1. The van der Waals surface area contributed by atoms with Crippen molar-refractivity contribution in [3.63, 3.8) is 0 Å². The van der Waals surface area contributed by atoms with Crippen molar-refractivity contribution in [3.8, 4) is 11.3 Å². The Bertz CT molecular complexity index is 907. The fourth-order valence-corrected chi connectivity index (χ4v) is 2.79. The summed E-state index contributed by atoms with van der Waals surface area (Å²) in [6.45, 7) is 2.03. The fraction of sp³-hybridized carbons (Fsp3) is 0.158. The van der Waals surface area contributed by atoms with Crippen LogP contribution >= 0.6 is 11.6 Å². The molecule has 0 aliphatic carbocycles. The van der Waals surface area contributed by atoms with Crippen LogP contribution in [-0.2, 0) is 6.42 Å². The molecule has 0 saturated carbocycles. The van der Waals surface area contributed by atoms with E-state index in [2.05, 4.69) is 15.5 Å². The minimum Gasteiger partial charge on any atom is -0.319 e. The Balaban J connectivity index is 1.98. The number of aryl methyl sites for hydroxylation is 1. The molecule has 0 aliphatic rings. The van der Waals surface area contributed by atoms with Crippen LogP contribution in [0.3, 0.4) is 0 Å². The van der Waals surface area contributed by atoms with E-state index in [9.17, 15) is 9.18 Å². The monoisotopic (exact) mass is 357 g/mol. The van der Waals surface area contributed by atoms with Crippen LogP contribution in [0, 0.1) is 5.82 Å². The third-order valence-corrected chi connectivity index (χ3v) is 4.00. The maximum Gasteiger partial charge on any atom is 0.255 e. The van der Waals surface area contributed by atoms with E-state index in [-0.39, 0.29) is 11.7 Å². The van der Waals surface area contributed by atoms with Crippen LogP contribution in [-0.4, -0.2) is 16.1 Å². The second-order valence-corrected chi connectivity index (χ2v) is 6.09. The quantitative estimate of drug-likeness (QED) is 0.669. The molecule has 1 heterocycles. The smallest absolute Gasteiger partial charge is 0.255 e. The first-order valence-electron chi connectivity index (χ1n) is 7.98. The molecular weight excluding hydrogens is 341 g/mol. The zero-order valence-corrected chi connectivity index (χ0v) is 14.4. The number of H-pyrrole nitrogens is 1. The molecular formula is C19H17ClFN3O. The standard InChI is InChI=1S/C19H17ClFN3O/c1-2-5-16-18(22-19(25)13-7-3-8-14(20)10-13)17(24-23-16)12-6-4-9-15(21)11-12/h3-4,6-11H,2,5H2,1H3,(H,22,25)(H,23,24). The van der Waals surface area contributed by atoms with Crippen LogP contribution in [0.5, 0.6) is 0 Å². The molecule has 3 rings (SSSR count). The van der Waals surface area contributed by atoms with Crippen LogP contribution in [0.4, 0.5) is 10.1 Å². The van der Waals surface area contributed by atoms with Crippen LogP contribution in [0.1, 0.15) is 29.4 Å². The molecule has 2 N–H and O–H groups in total. The predicted molar refractivity (Wildman–Crippen MR) is 97.4 cm³/mol. The molecule has 2 aromatic carbocycles. The molecule has 0 unspecified atom stereocenters. The second kappa shape index (κ2) is 7.49.